The minimum absolute atomic E-state index is 0.0306. The fourth-order valence-corrected chi connectivity index (χ4v) is 8.51. The number of carbonyl (C=O) groups excluding carboxylic acids is 5. The van der Waals surface area contributed by atoms with Crippen LogP contribution < -0.4 is 9.47 Å². The molecule has 1 heterocycles. The van der Waals surface area contributed by atoms with E-state index < -0.39 is 36.6 Å². The van der Waals surface area contributed by atoms with E-state index in [0.717, 1.165) is 49.7 Å². The van der Waals surface area contributed by atoms with Crippen LogP contribution in [0.5, 0.6) is 11.5 Å². The first kappa shape index (κ1) is 59.0. The van der Waals surface area contributed by atoms with Gasteiger partial charge in [-0.25, -0.2) is 9.59 Å². The fraction of sp³-hybridized carbons (Fsp3) is 0.764. The summed E-state index contributed by atoms with van der Waals surface area (Å²) in [6.07, 6.45) is 33.5. The molecule has 1 aliphatic heterocycles. The zero-order valence-electron chi connectivity index (χ0n) is 42.8. The molecule has 382 valence electrons. The van der Waals surface area contributed by atoms with Crippen LogP contribution in [0.4, 0.5) is 0 Å². The van der Waals surface area contributed by atoms with Crippen molar-refractivity contribution >= 4 is 29.8 Å². The van der Waals surface area contributed by atoms with Crippen LogP contribution in [0.2, 0.25) is 0 Å². The van der Waals surface area contributed by atoms with Crippen LogP contribution in [-0.2, 0) is 55.9 Å². The van der Waals surface area contributed by atoms with Gasteiger partial charge in [-0.15, -0.1) is 0 Å². The van der Waals surface area contributed by atoms with Gasteiger partial charge >= 0.3 is 29.8 Å². The Kier molecular flexibility index (Phi) is 33.3. The average Bonchev–Trinajstić information content (AvgIpc) is 3.72. The number of methoxy groups -OCH3 is 2. The second-order valence-electron chi connectivity index (χ2n) is 18.5. The summed E-state index contributed by atoms with van der Waals surface area (Å²) < 4.78 is 38.9. The minimum atomic E-state index is -1.06. The lowest BCUT2D eigenvalue weighted by atomic mass is 9.94. The first-order valence-electron chi connectivity index (χ1n) is 26.3. The van der Waals surface area contributed by atoms with Gasteiger partial charge in [0.05, 0.1) is 14.2 Å². The molecule has 1 aromatic carbocycles. The molecular weight excluding hydrogens is 853 g/mol. The number of ether oxygens (including phenoxy) is 7. The van der Waals surface area contributed by atoms with E-state index in [2.05, 4.69) is 13.8 Å². The maximum absolute atomic E-state index is 13.5. The Balaban J connectivity index is 1.97. The third-order valence-corrected chi connectivity index (χ3v) is 12.7. The van der Waals surface area contributed by atoms with Gasteiger partial charge < -0.3 is 33.2 Å². The largest absolute Gasteiger partial charge is 0.496 e. The third kappa shape index (κ3) is 26.3. The number of hydrogen-bond donors (Lipinski definition) is 0. The summed E-state index contributed by atoms with van der Waals surface area (Å²) in [5, 5.41) is 0. The van der Waals surface area contributed by atoms with Gasteiger partial charge in [-0.3, -0.25) is 14.4 Å². The molecule has 0 spiro atoms. The Morgan fingerprint density at radius 1 is 0.582 bits per heavy atom. The summed E-state index contributed by atoms with van der Waals surface area (Å²) in [5.74, 6) is -1.89. The Morgan fingerprint density at radius 2 is 1.03 bits per heavy atom. The monoisotopic (exact) mass is 943 g/mol. The summed E-state index contributed by atoms with van der Waals surface area (Å²) in [6, 6.07) is 0. The minimum Gasteiger partial charge on any atom is -0.496 e. The number of carbonyl (C=O) groups is 5. The molecule has 1 aromatic rings. The highest BCUT2D eigenvalue weighted by atomic mass is 16.6. The number of benzene rings is 1. The standard InChI is InChI=1S/C55H90O12/c1-7-9-11-13-15-17-19-21-23-25-27-29-31-33-49(57)63-39-45(40-64-50(58)34-32-30-28-26-24-22-20-18-16-14-12-10-8-2)67-51(59)42-65-54-46(37-35-43(3)36-38-48(56)61-5)53(62-6)44(4)47-41-66-55(60)52(47)54/h35,45H,7-34,36-42H2,1-6H3/b43-35+. The maximum atomic E-state index is 13.5. The summed E-state index contributed by atoms with van der Waals surface area (Å²) in [5.41, 5.74) is 2.97. The number of hydrogen-bond acceptors (Lipinski definition) is 12. The third-order valence-electron chi connectivity index (χ3n) is 12.7. The van der Waals surface area contributed by atoms with E-state index in [9.17, 15) is 24.0 Å². The summed E-state index contributed by atoms with van der Waals surface area (Å²) in [4.78, 5) is 63.9. The van der Waals surface area contributed by atoms with Crippen molar-refractivity contribution in [2.45, 2.75) is 239 Å². The van der Waals surface area contributed by atoms with E-state index in [1.54, 1.807) is 0 Å². The van der Waals surface area contributed by atoms with Crippen molar-refractivity contribution in [2.75, 3.05) is 34.0 Å². The van der Waals surface area contributed by atoms with Gasteiger partial charge in [0.1, 0.15) is 36.9 Å². The molecule has 0 unspecified atom stereocenters. The number of unbranched alkanes of at least 4 members (excludes halogenated alkanes) is 24. The highest BCUT2D eigenvalue weighted by molar-refractivity contribution is 5.98. The Bertz CT molecular complexity index is 1550. The van der Waals surface area contributed by atoms with Crippen LogP contribution >= 0.6 is 0 Å². The fourth-order valence-electron chi connectivity index (χ4n) is 8.51. The highest BCUT2D eigenvalue weighted by Gasteiger charge is 2.34. The summed E-state index contributed by atoms with van der Waals surface area (Å²) in [7, 11) is 2.87. The maximum Gasteiger partial charge on any atom is 0.344 e. The highest BCUT2D eigenvalue weighted by Crippen LogP contribution is 2.43. The summed E-state index contributed by atoms with van der Waals surface area (Å²) in [6.45, 7) is 7.08. The van der Waals surface area contributed by atoms with Gasteiger partial charge in [-0.2, -0.15) is 0 Å². The zero-order chi connectivity index (χ0) is 48.9. The van der Waals surface area contributed by atoms with Crippen molar-refractivity contribution in [3.8, 4) is 11.5 Å². The van der Waals surface area contributed by atoms with E-state index >= 15 is 0 Å². The second kappa shape index (κ2) is 37.8. The van der Waals surface area contributed by atoms with Crippen LogP contribution in [0.3, 0.4) is 0 Å². The first-order valence-corrected chi connectivity index (χ1v) is 26.3. The number of fused-ring (bicyclic) bond motifs is 1. The predicted octanol–water partition coefficient (Wildman–Crippen LogP) is 13.5. The van der Waals surface area contributed by atoms with E-state index in [1.807, 2.05) is 19.9 Å². The van der Waals surface area contributed by atoms with E-state index in [4.69, 9.17) is 33.2 Å². The van der Waals surface area contributed by atoms with Crippen LogP contribution in [0.1, 0.15) is 240 Å². The van der Waals surface area contributed by atoms with Gasteiger partial charge in [0.15, 0.2) is 12.7 Å². The van der Waals surface area contributed by atoms with Crippen molar-refractivity contribution in [1.82, 2.24) is 0 Å². The van der Waals surface area contributed by atoms with Crippen molar-refractivity contribution in [3.63, 3.8) is 0 Å². The molecule has 2 rings (SSSR count). The molecule has 0 saturated heterocycles. The quantitative estimate of drug-likeness (QED) is 0.0266. The van der Waals surface area contributed by atoms with Crippen LogP contribution in [0.25, 0.3) is 0 Å². The SMILES string of the molecule is CCCCCCCCCCCCCCCC(=O)OCC(COC(=O)CCCCCCCCCCCCCCC)OC(=O)COc1c(C/C=C(\C)CCC(=O)OC)c(OC)c(C)c2c1C(=O)OC2. The normalized spacial score (nSPS) is 12.2. The van der Waals surface area contributed by atoms with E-state index in [1.165, 1.54) is 130 Å². The molecule has 0 aliphatic carbocycles. The van der Waals surface area contributed by atoms with Crippen LogP contribution in [-0.4, -0.2) is 70.0 Å². The summed E-state index contributed by atoms with van der Waals surface area (Å²) >= 11 is 0. The number of rotatable bonds is 42. The Labute approximate surface area is 404 Å². The molecular formula is C55H90O12. The first-order chi connectivity index (χ1) is 32.6. The molecule has 67 heavy (non-hydrogen) atoms. The van der Waals surface area contributed by atoms with Crippen LogP contribution in [0, 0.1) is 6.92 Å². The lowest BCUT2D eigenvalue weighted by Gasteiger charge is -2.21. The van der Waals surface area contributed by atoms with Gasteiger partial charge in [0.25, 0.3) is 0 Å². The molecule has 12 nitrogen and oxygen atoms in total. The lowest BCUT2D eigenvalue weighted by molar-refractivity contribution is -0.168. The molecule has 0 radical (unpaired) electrons. The molecule has 0 aromatic heterocycles. The lowest BCUT2D eigenvalue weighted by Crippen LogP contribution is -2.32. The molecule has 0 amide bonds. The molecule has 0 atom stereocenters. The van der Waals surface area contributed by atoms with Crippen molar-refractivity contribution in [1.29, 1.82) is 0 Å². The van der Waals surface area contributed by atoms with Crippen LogP contribution in [0.15, 0.2) is 11.6 Å². The molecule has 1 aliphatic rings. The molecule has 0 fully saturated rings. The average molecular weight is 943 g/mol. The van der Waals surface area contributed by atoms with Crippen molar-refractivity contribution in [3.05, 3.63) is 33.9 Å². The Hall–Kier alpha value is -4.09. The number of allylic oxidation sites excluding steroid dienone is 2. The number of esters is 5. The van der Waals surface area contributed by atoms with Crippen molar-refractivity contribution in [2.24, 2.45) is 0 Å². The predicted molar refractivity (Wildman–Crippen MR) is 263 cm³/mol. The zero-order valence-corrected chi connectivity index (χ0v) is 42.8. The van der Waals surface area contributed by atoms with E-state index in [-0.39, 0.29) is 62.8 Å². The Morgan fingerprint density at radius 3 is 1.46 bits per heavy atom. The number of cyclic esters (lactones) is 1. The molecule has 12 heteroatoms. The van der Waals surface area contributed by atoms with Gasteiger partial charge in [-0.05, 0) is 45.1 Å². The van der Waals surface area contributed by atoms with Gasteiger partial charge in [-0.1, -0.05) is 180 Å². The second-order valence-corrected chi connectivity index (χ2v) is 18.5. The molecule has 0 bridgehead atoms. The molecule has 0 saturated carbocycles. The topological polar surface area (TPSA) is 150 Å². The van der Waals surface area contributed by atoms with Crippen molar-refractivity contribution < 1.29 is 57.1 Å². The van der Waals surface area contributed by atoms with E-state index in [0.29, 0.717) is 36.1 Å². The van der Waals surface area contributed by atoms with Gasteiger partial charge in [0.2, 0.25) is 0 Å². The van der Waals surface area contributed by atoms with Gasteiger partial charge in [0, 0.05) is 30.4 Å². The smallest absolute Gasteiger partial charge is 0.344 e. The molecule has 0 N–H and O–H groups in total.